The lowest BCUT2D eigenvalue weighted by Crippen LogP contribution is -2.47. The van der Waals surface area contributed by atoms with Crippen LogP contribution in [-0.2, 0) is 11.3 Å². The molecule has 2 bridgehead atoms. The highest BCUT2D eigenvalue weighted by atomic mass is 127. The average Bonchev–Trinajstić information content (AvgIpc) is 3.13. The Morgan fingerprint density at radius 1 is 1.48 bits per heavy atom. The molecule has 2 N–H and O–H groups in total. The van der Waals surface area contributed by atoms with E-state index in [9.17, 15) is 0 Å². The molecule has 2 aliphatic heterocycles. The first-order valence-electron chi connectivity index (χ1n) is 7.19. The van der Waals surface area contributed by atoms with Crippen molar-refractivity contribution < 1.29 is 4.74 Å². The number of aliphatic imine (C=N–C) groups is 1. The van der Waals surface area contributed by atoms with Gasteiger partial charge in [0.2, 0.25) is 0 Å². The Hall–Kier alpha value is -0.0500. The largest absolute Gasteiger partial charge is 0.373 e. The number of ether oxygens (including phenoxy) is 1. The summed E-state index contributed by atoms with van der Waals surface area (Å²) in [5.41, 5.74) is 0. The zero-order valence-electron chi connectivity index (χ0n) is 12.0. The molecule has 4 nitrogen and oxygen atoms in total. The Morgan fingerprint density at radius 3 is 2.90 bits per heavy atom. The van der Waals surface area contributed by atoms with E-state index in [1.807, 2.05) is 12.1 Å². The molecule has 2 fully saturated rings. The van der Waals surface area contributed by atoms with Gasteiger partial charge in [0.1, 0.15) is 0 Å². The van der Waals surface area contributed by atoms with Gasteiger partial charge >= 0.3 is 0 Å². The normalized spacial score (nSPS) is 27.5. The summed E-state index contributed by atoms with van der Waals surface area (Å²) < 4.78 is 6.68. The number of guanidine groups is 1. The molecule has 0 spiro atoms. The van der Waals surface area contributed by atoms with Crippen molar-refractivity contribution in [2.75, 3.05) is 6.54 Å². The molecule has 3 unspecified atom stereocenters. The fourth-order valence-electron chi connectivity index (χ4n) is 2.88. The molecule has 0 radical (unpaired) electrons. The number of hydrogen-bond acceptors (Lipinski definition) is 3. The molecular weight excluding hydrogens is 421 g/mol. The highest BCUT2D eigenvalue weighted by molar-refractivity contribution is 14.0. The van der Waals surface area contributed by atoms with Gasteiger partial charge in [0, 0.05) is 11.4 Å². The van der Waals surface area contributed by atoms with Gasteiger partial charge in [0.15, 0.2) is 5.96 Å². The molecular formula is C14H21ClIN3OS. The summed E-state index contributed by atoms with van der Waals surface area (Å²) >= 11 is 7.52. The van der Waals surface area contributed by atoms with Crippen molar-refractivity contribution in [1.82, 2.24) is 10.6 Å². The fourth-order valence-corrected chi connectivity index (χ4v) is 3.89. The van der Waals surface area contributed by atoms with Gasteiger partial charge in [-0.25, -0.2) is 4.99 Å². The third-order valence-corrected chi connectivity index (χ3v) is 5.01. The van der Waals surface area contributed by atoms with Crippen LogP contribution in [0.15, 0.2) is 17.1 Å². The SMILES string of the molecule is CCNC(=NCc1ccc(Cl)s1)NC1CC2CCC1O2.I. The molecule has 0 aliphatic carbocycles. The van der Waals surface area contributed by atoms with E-state index in [4.69, 9.17) is 16.3 Å². The minimum Gasteiger partial charge on any atom is -0.373 e. The van der Waals surface area contributed by atoms with Crippen molar-refractivity contribution >= 4 is 52.9 Å². The van der Waals surface area contributed by atoms with Gasteiger partial charge in [-0.15, -0.1) is 35.3 Å². The van der Waals surface area contributed by atoms with Crippen molar-refractivity contribution in [2.24, 2.45) is 4.99 Å². The zero-order chi connectivity index (χ0) is 13.9. The minimum absolute atomic E-state index is 0. The topological polar surface area (TPSA) is 45.7 Å². The monoisotopic (exact) mass is 441 g/mol. The molecule has 7 heteroatoms. The molecule has 0 aromatic carbocycles. The maximum absolute atomic E-state index is 5.94. The van der Waals surface area contributed by atoms with Crippen LogP contribution in [0.3, 0.4) is 0 Å². The highest BCUT2D eigenvalue weighted by Crippen LogP contribution is 2.34. The zero-order valence-corrected chi connectivity index (χ0v) is 15.9. The van der Waals surface area contributed by atoms with Gasteiger partial charge in [-0.05, 0) is 38.3 Å². The first-order chi connectivity index (χ1) is 9.74. The Kier molecular flexibility index (Phi) is 6.58. The summed E-state index contributed by atoms with van der Waals surface area (Å²) in [7, 11) is 0. The molecule has 1 aromatic rings. The number of halogens is 2. The van der Waals surface area contributed by atoms with E-state index < -0.39 is 0 Å². The van der Waals surface area contributed by atoms with Crippen LogP contribution in [0, 0.1) is 0 Å². The predicted octanol–water partition coefficient (Wildman–Crippen LogP) is 3.39. The number of nitrogens with one attached hydrogen (secondary N) is 2. The van der Waals surface area contributed by atoms with Crippen molar-refractivity contribution in [3.05, 3.63) is 21.3 Å². The van der Waals surface area contributed by atoms with E-state index >= 15 is 0 Å². The first kappa shape index (κ1) is 17.3. The molecule has 3 rings (SSSR count). The van der Waals surface area contributed by atoms with Crippen molar-refractivity contribution in [1.29, 1.82) is 0 Å². The quantitative estimate of drug-likeness (QED) is 0.428. The van der Waals surface area contributed by atoms with Crippen LogP contribution in [-0.4, -0.2) is 30.8 Å². The molecule has 21 heavy (non-hydrogen) atoms. The second kappa shape index (κ2) is 7.99. The Labute approximate surface area is 151 Å². The van der Waals surface area contributed by atoms with Crippen LogP contribution in [0.25, 0.3) is 0 Å². The number of hydrogen-bond donors (Lipinski definition) is 2. The summed E-state index contributed by atoms with van der Waals surface area (Å²) in [6, 6.07) is 4.35. The lowest BCUT2D eigenvalue weighted by molar-refractivity contribution is 0.0992. The van der Waals surface area contributed by atoms with Crippen molar-refractivity contribution in [3.63, 3.8) is 0 Å². The molecule has 2 aliphatic rings. The van der Waals surface area contributed by atoms with Gasteiger partial charge in [-0.1, -0.05) is 11.6 Å². The van der Waals surface area contributed by atoms with E-state index in [-0.39, 0.29) is 24.0 Å². The van der Waals surface area contributed by atoms with Crippen LogP contribution >= 0.6 is 46.9 Å². The Morgan fingerprint density at radius 2 is 2.33 bits per heavy atom. The van der Waals surface area contributed by atoms with Crippen LogP contribution in [0.4, 0.5) is 0 Å². The van der Waals surface area contributed by atoms with E-state index in [2.05, 4.69) is 22.5 Å². The Bertz CT molecular complexity index is 496. The molecule has 0 saturated carbocycles. The summed E-state index contributed by atoms with van der Waals surface area (Å²) in [5.74, 6) is 0.873. The standard InChI is InChI=1S/C14H20ClN3OS.HI/c1-2-16-14(17-8-10-4-6-13(15)20-10)18-11-7-9-3-5-12(11)19-9;/h4,6,9,11-12H,2-3,5,7-8H2,1H3,(H2,16,17,18);1H. The predicted molar refractivity (Wildman–Crippen MR) is 99.0 cm³/mol. The lowest BCUT2D eigenvalue weighted by atomic mass is 9.96. The van der Waals surface area contributed by atoms with Gasteiger partial charge < -0.3 is 15.4 Å². The van der Waals surface area contributed by atoms with E-state index in [0.29, 0.717) is 24.8 Å². The van der Waals surface area contributed by atoms with Crippen LogP contribution in [0.1, 0.15) is 31.1 Å². The second-order valence-electron chi connectivity index (χ2n) is 5.26. The minimum atomic E-state index is 0. The van der Waals surface area contributed by atoms with E-state index in [1.54, 1.807) is 11.3 Å². The smallest absolute Gasteiger partial charge is 0.191 e. The van der Waals surface area contributed by atoms with E-state index in [0.717, 1.165) is 23.3 Å². The van der Waals surface area contributed by atoms with Gasteiger partial charge in [0.05, 0.1) is 29.1 Å². The highest BCUT2D eigenvalue weighted by Gasteiger charge is 2.41. The fraction of sp³-hybridized carbons (Fsp3) is 0.643. The van der Waals surface area contributed by atoms with Crippen molar-refractivity contribution in [3.8, 4) is 0 Å². The summed E-state index contributed by atoms with van der Waals surface area (Å²) in [4.78, 5) is 5.81. The third-order valence-electron chi connectivity index (χ3n) is 3.79. The van der Waals surface area contributed by atoms with Crippen LogP contribution < -0.4 is 10.6 Å². The number of rotatable bonds is 4. The second-order valence-corrected chi connectivity index (χ2v) is 7.06. The number of thiophene rings is 1. The molecule has 118 valence electrons. The van der Waals surface area contributed by atoms with Gasteiger partial charge in [0.25, 0.3) is 0 Å². The Balaban J connectivity index is 0.00000161. The summed E-state index contributed by atoms with van der Waals surface area (Å²) in [6.45, 7) is 3.60. The van der Waals surface area contributed by atoms with Crippen LogP contribution in [0.2, 0.25) is 4.34 Å². The number of fused-ring (bicyclic) bond motifs is 2. The van der Waals surface area contributed by atoms with E-state index in [1.165, 1.54) is 17.7 Å². The summed E-state index contributed by atoms with van der Waals surface area (Å²) in [6.07, 6.45) is 4.29. The maximum atomic E-state index is 5.94. The first-order valence-corrected chi connectivity index (χ1v) is 8.38. The average molecular weight is 442 g/mol. The van der Waals surface area contributed by atoms with Crippen LogP contribution in [0.5, 0.6) is 0 Å². The molecule has 3 atom stereocenters. The van der Waals surface area contributed by atoms with Gasteiger partial charge in [-0.3, -0.25) is 0 Å². The lowest BCUT2D eigenvalue weighted by Gasteiger charge is -2.22. The van der Waals surface area contributed by atoms with Crippen molar-refractivity contribution in [2.45, 2.75) is 51.0 Å². The maximum Gasteiger partial charge on any atom is 0.191 e. The van der Waals surface area contributed by atoms with Gasteiger partial charge in [-0.2, -0.15) is 0 Å². The summed E-state index contributed by atoms with van der Waals surface area (Å²) in [5, 5.41) is 6.81. The third kappa shape index (κ3) is 4.46. The molecule has 3 heterocycles. The number of nitrogens with zero attached hydrogens (tertiary/aromatic N) is 1. The molecule has 1 aromatic heterocycles. The molecule has 0 amide bonds. The molecule has 2 saturated heterocycles.